The molecule has 4 rings (SSSR count). The number of aliphatic hydroxyl groups is 1. The van der Waals surface area contributed by atoms with Crippen molar-refractivity contribution < 1.29 is 23.0 Å². The van der Waals surface area contributed by atoms with E-state index in [4.69, 9.17) is 10.5 Å². The first-order valence-corrected chi connectivity index (χ1v) is 11.2. The van der Waals surface area contributed by atoms with E-state index in [1.807, 2.05) is 6.92 Å². The third-order valence-corrected chi connectivity index (χ3v) is 6.13. The molecule has 0 aliphatic heterocycles. The van der Waals surface area contributed by atoms with Gasteiger partial charge in [-0.1, -0.05) is 0 Å². The minimum Gasteiger partial charge on any atom is -0.477 e. The van der Waals surface area contributed by atoms with E-state index in [1.54, 1.807) is 13.0 Å². The van der Waals surface area contributed by atoms with Gasteiger partial charge in [-0.3, -0.25) is 4.98 Å². The number of anilines is 1. The van der Waals surface area contributed by atoms with Gasteiger partial charge in [-0.2, -0.15) is 4.98 Å². The molecule has 0 unspecified atom stereocenters. The molecule has 34 heavy (non-hydrogen) atoms. The number of rotatable bonds is 6. The van der Waals surface area contributed by atoms with Crippen molar-refractivity contribution >= 4 is 5.95 Å². The Morgan fingerprint density at radius 2 is 1.76 bits per heavy atom. The molecule has 3 aromatic rings. The van der Waals surface area contributed by atoms with Gasteiger partial charge >= 0.3 is 0 Å². The van der Waals surface area contributed by atoms with E-state index in [9.17, 15) is 18.3 Å². The van der Waals surface area contributed by atoms with Crippen molar-refractivity contribution in [2.45, 2.75) is 51.6 Å². The zero-order valence-corrected chi connectivity index (χ0v) is 19.1. The average molecular weight is 473 g/mol. The van der Waals surface area contributed by atoms with Gasteiger partial charge in [0.25, 0.3) is 6.43 Å². The summed E-state index contributed by atoms with van der Waals surface area (Å²) in [6.07, 6.45) is 0.154. The van der Waals surface area contributed by atoms with Crippen molar-refractivity contribution in [2.75, 3.05) is 12.3 Å². The molecule has 0 spiro atoms. The molecule has 1 aromatic carbocycles. The van der Waals surface area contributed by atoms with Crippen LogP contribution in [0.15, 0.2) is 36.4 Å². The summed E-state index contributed by atoms with van der Waals surface area (Å²) < 4.78 is 46.7. The average Bonchev–Trinajstić information content (AvgIpc) is 2.78. The number of hydrogen-bond donors (Lipinski definition) is 2. The fourth-order valence-electron chi connectivity index (χ4n) is 4.25. The molecule has 0 bridgehead atoms. The van der Waals surface area contributed by atoms with Crippen LogP contribution in [-0.4, -0.2) is 32.3 Å². The molecule has 180 valence electrons. The number of benzene rings is 1. The fourth-order valence-corrected chi connectivity index (χ4v) is 4.25. The first-order valence-electron chi connectivity index (χ1n) is 11.2. The lowest BCUT2D eigenvalue weighted by Gasteiger charge is -2.32. The monoisotopic (exact) mass is 472 g/mol. The maximum Gasteiger partial charge on any atom is 0.280 e. The Bertz CT molecular complexity index is 1160. The minimum atomic E-state index is -2.76. The van der Waals surface area contributed by atoms with Crippen LogP contribution in [0.2, 0.25) is 0 Å². The largest absolute Gasteiger partial charge is 0.477 e. The summed E-state index contributed by atoms with van der Waals surface area (Å²) in [5, 5.41) is 10.2. The van der Waals surface area contributed by atoms with E-state index >= 15 is 0 Å². The number of nitrogens with two attached hydrogens (primary N) is 1. The van der Waals surface area contributed by atoms with Gasteiger partial charge in [0.2, 0.25) is 11.8 Å². The molecule has 0 saturated heterocycles. The first-order chi connectivity index (χ1) is 16.1. The Morgan fingerprint density at radius 1 is 1.09 bits per heavy atom. The lowest BCUT2D eigenvalue weighted by atomic mass is 9.80. The zero-order chi connectivity index (χ0) is 24.5. The molecule has 6 nitrogen and oxygen atoms in total. The van der Waals surface area contributed by atoms with Gasteiger partial charge in [0, 0.05) is 11.3 Å². The predicted molar refractivity (Wildman–Crippen MR) is 123 cm³/mol. The SMILES string of the molecule is Cc1cc(-c2c(OC[C@H]3CC[C@](C)(O)CC3)nc(N)nc2-c2ccc(F)cc2)cc(C(F)F)n1. The maximum absolute atomic E-state index is 13.6. The van der Waals surface area contributed by atoms with Crippen LogP contribution in [0.3, 0.4) is 0 Å². The second-order valence-electron chi connectivity index (χ2n) is 9.09. The van der Waals surface area contributed by atoms with Crippen molar-refractivity contribution in [3.8, 4) is 28.3 Å². The van der Waals surface area contributed by atoms with Crippen LogP contribution in [0.5, 0.6) is 5.88 Å². The van der Waals surface area contributed by atoms with Crippen LogP contribution in [0.1, 0.15) is 50.4 Å². The van der Waals surface area contributed by atoms with Crippen molar-refractivity contribution in [3.63, 3.8) is 0 Å². The molecule has 1 saturated carbocycles. The summed E-state index contributed by atoms with van der Waals surface area (Å²) in [7, 11) is 0. The molecule has 9 heteroatoms. The number of hydrogen-bond acceptors (Lipinski definition) is 6. The van der Waals surface area contributed by atoms with Crippen LogP contribution in [0, 0.1) is 18.7 Å². The highest BCUT2D eigenvalue weighted by Gasteiger charge is 2.29. The summed E-state index contributed by atoms with van der Waals surface area (Å²) >= 11 is 0. The Kier molecular flexibility index (Phi) is 6.74. The number of nitrogens with zero attached hydrogens (tertiary/aromatic N) is 3. The highest BCUT2D eigenvalue weighted by atomic mass is 19.3. The molecule has 0 amide bonds. The third-order valence-electron chi connectivity index (χ3n) is 6.13. The van der Waals surface area contributed by atoms with Gasteiger partial charge < -0.3 is 15.6 Å². The lowest BCUT2D eigenvalue weighted by Crippen LogP contribution is -2.32. The number of pyridine rings is 1. The molecule has 3 N–H and O–H groups in total. The van der Waals surface area contributed by atoms with Crippen molar-refractivity contribution in [2.24, 2.45) is 5.92 Å². The van der Waals surface area contributed by atoms with E-state index in [2.05, 4.69) is 15.0 Å². The summed E-state index contributed by atoms with van der Waals surface area (Å²) in [4.78, 5) is 12.6. The molecular weight excluding hydrogens is 445 g/mol. The van der Waals surface area contributed by atoms with Crippen molar-refractivity contribution in [1.82, 2.24) is 15.0 Å². The highest BCUT2D eigenvalue weighted by molar-refractivity contribution is 5.85. The summed E-state index contributed by atoms with van der Waals surface area (Å²) in [5.41, 5.74) is 7.01. The second kappa shape index (κ2) is 9.58. The van der Waals surface area contributed by atoms with Gasteiger partial charge in [-0.25, -0.2) is 18.2 Å². The van der Waals surface area contributed by atoms with Crippen LogP contribution in [0.4, 0.5) is 19.1 Å². The van der Waals surface area contributed by atoms with E-state index in [-0.39, 0.29) is 23.4 Å². The Labute approximate surface area is 196 Å². The van der Waals surface area contributed by atoms with Gasteiger partial charge in [-0.15, -0.1) is 0 Å². The molecule has 0 radical (unpaired) electrons. The molecule has 2 heterocycles. The fraction of sp³-hybridized carbons (Fsp3) is 0.400. The van der Waals surface area contributed by atoms with Gasteiger partial charge in [-0.05, 0) is 87.4 Å². The Hall–Kier alpha value is -3.20. The lowest BCUT2D eigenvalue weighted by molar-refractivity contribution is 0.00132. The van der Waals surface area contributed by atoms with Crippen molar-refractivity contribution in [3.05, 3.63) is 53.6 Å². The minimum absolute atomic E-state index is 0.0514. The normalized spacial score (nSPS) is 20.5. The number of aryl methyl sites for hydroxylation is 1. The smallest absolute Gasteiger partial charge is 0.280 e. The number of aromatic nitrogens is 3. The molecule has 0 atom stereocenters. The van der Waals surface area contributed by atoms with E-state index in [1.165, 1.54) is 30.3 Å². The third kappa shape index (κ3) is 5.47. The number of alkyl halides is 2. The van der Waals surface area contributed by atoms with E-state index < -0.39 is 17.8 Å². The summed E-state index contributed by atoms with van der Waals surface area (Å²) in [6.45, 7) is 3.78. The highest BCUT2D eigenvalue weighted by Crippen LogP contribution is 2.40. The number of ether oxygens (including phenoxy) is 1. The molecular formula is C25H27F3N4O2. The molecule has 2 aromatic heterocycles. The molecule has 1 aliphatic carbocycles. The predicted octanol–water partition coefficient (Wildman–Crippen LogP) is 5.49. The van der Waals surface area contributed by atoms with Gasteiger partial charge in [0.15, 0.2) is 0 Å². The van der Waals surface area contributed by atoms with Crippen molar-refractivity contribution in [1.29, 1.82) is 0 Å². The topological polar surface area (TPSA) is 94.2 Å². The second-order valence-corrected chi connectivity index (χ2v) is 9.09. The molecule has 1 fully saturated rings. The Morgan fingerprint density at radius 3 is 2.41 bits per heavy atom. The maximum atomic E-state index is 13.6. The van der Waals surface area contributed by atoms with Crippen LogP contribution >= 0.6 is 0 Å². The summed E-state index contributed by atoms with van der Waals surface area (Å²) in [5.74, 6) is -0.106. The Balaban J connectivity index is 1.78. The number of halogens is 3. The van der Waals surface area contributed by atoms with Gasteiger partial charge in [0.1, 0.15) is 11.5 Å². The first kappa shape index (κ1) is 23.9. The number of nitrogen functional groups attached to an aromatic ring is 1. The molecule has 1 aliphatic rings. The summed E-state index contributed by atoms with van der Waals surface area (Å²) in [6, 6.07) is 8.58. The zero-order valence-electron chi connectivity index (χ0n) is 19.1. The van der Waals surface area contributed by atoms with E-state index in [0.717, 1.165) is 12.8 Å². The van der Waals surface area contributed by atoms with Gasteiger partial charge in [0.05, 0.1) is 23.5 Å². The quantitative estimate of drug-likeness (QED) is 0.493. The van der Waals surface area contributed by atoms with Crippen LogP contribution < -0.4 is 10.5 Å². The van der Waals surface area contributed by atoms with Crippen LogP contribution in [-0.2, 0) is 0 Å². The van der Waals surface area contributed by atoms with E-state index in [0.29, 0.717) is 47.5 Å². The standard InChI is InChI=1S/C25H27F3N4O2/c1-14-11-17(12-19(30-14)22(27)28)20-21(16-3-5-18(26)6-4-16)31-24(29)32-23(20)34-13-15-7-9-25(2,33)10-8-15/h3-6,11-12,15,22,33H,7-10,13H2,1-2H3,(H2,29,31,32)/t15-,25-. The van der Waals surface area contributed by atoms with Crippen LogP contribution in [0.25, 0.3) is 22.4 Å².